The summed E-state index contributed by atoms with van der Waals surface area (Å²) in [4.78, 5) is 20.8. The van der Waals surface area contributed by atoms with E-state index in [9.17, 15) is 13.6 Å². The molecule has 1 amide bonds. The Morgan fingerprint density at radius 2 is 1.64 bits per heavy atom. The Labute approximate surface area is 148 Å². The van der Waals surface area contributed by atoms with Crippen LogP contribution in [0.2, 0.25) is 0 Å². The fourth-order valence-electron chi connectivity index (χ4n) is 1.90. The molecule has 2 aromatic carbocycles. The van der Waals surface area contributed by atoms with E-state index < -0.39 is 5.76 Å². The van der Waals surface area contributed by atoms with Crippen molar-refractivity contribution in [1.29, 1.82) is 0 Å². The van der Waals surface area contributed by atoms with E-state index in [2.05, 4.69) is 10.6 Å². The van der Waals surface area contributed by atoms with Crippen LogP contribution in [0.4, 0.5) is 20.2 Å². The predicted octanol–water partition coefficient (Wildman–Crippen LogP) is 3.93. The van der Waals surface area contributed by atoms with E-state index in [1.54, 1.807) is 24.3 Å². The summed E-state index contributed by atoms with van der Waals surface area (Å²) in [5, 5.41) is 12.6. The molecule has 2 aromatic rings. The van der Waals surface area contributed by atoms with Crippen molar-refractivity contribution in [2.45, 2.75) is 17.1 Å². The molecule has 0 unspecified atom stereocenters. The van der Waals surface area contributed by atoms with E-state index in [-0.39, 0.29) is 18.8 Å². The van der Waals surface area contributed by atoms with E-state index in [0.29, 0.717) is 22.3 Å². The lowest BCUT2D eigenvalue weighted by molar-refractivity contribution is -0.123. The van der Waals surface area contributed by atoms with Gasteiger partial charge in [0.05, 0.1) is 6.42 Å². The Morgan fingerprint density at radius 3 is 2.12 bits per heavy atom. The Hall–Kier alpha value is -2.61. The summed E-state index contributed by atoms with van der Waals surface area (Å²) >= 11 is 0.480. The molecular formula is C17H18F2N2O3S. The smallest absolute Gasteiger partial charge is 0.290 e. The summed E-state index contributed by atoms with van der Waals surface area (Å²) in [7, 11) is 1.83. The summed E-state index contributed by atoms with van der Waals surface area (Å²) in [6.45, 7) is -0.250. The first-order valence-electron chi connectivity index (χ1n) is 7.17. The number of carboxylic acid groups (broad SMARTS) is 1. The summed E-state index contributed by atoms with van der Waals surface area (Å²) in [5.74, 6) is -2.59. The maximum atomic E-state index is 12.2. The molecule has 8 heteroatoms. The highest BCUT2D eigenvalue weighted by Gasteiger charge is 2.07. The third kappa shape index (κ3) is 8.16. The minimum absolute atomic E-state index is 0.147. The number of carbonyl (C=O) groups is 2. The molecule has 0 radical (unpaired) electrons. The molecule has 134 valence electrons. The van der Waals surface area contributed by atoms with Gasteiger partial charge in [0.2, 0.25) is 5.91 Å². The Bertz CT molecular complexity index is 665. The van der Waals surface area contributed by atoms with Gasteiger partial charge in [-0.1, -0.05) is 23.9 Å². The topological polar surface area (TPSA) is 78.4 Å². The van der Waals surface area contributed by atoms with Gasteiger partial charge >= 0.3 is 0 Å². The van der Waals surface area contributed by atoms with Gasteiger partial charge in [-0.05, 0) is 42.0 Å². The van der Waals surface area contributed by atoms with Crippen molar-refractivity contribution in [3.8, 4) is 0 Å². The third-order valence-corrected chi connectivity index (χ3v) is 3.69. The van der Waals surface area contributed by atoms with E-state index in [0.717, 1.165) is 11.3 Å². The molecule has 0 saturated carbocycles. The summed E-state index contributed by atoms with van der Waals surface area (Å²) in [6.07, 6.45) is 0.261. The molecule has 25 heavy (non-hydrogen) atoms. The Morgan fingerprint density at radius 1 is 1.12 bits per heavy atom. The van der Waals surface area contributed by atoms with Crippen LogP contribution in [-0.2, 0) is 16.0 Å². The molecule has 0 aliphatic rings. The first kappa shape index (κ1) is 20.4. The van der Waals surface area contributed by atoms with Gasteiger partial charge in [-0.3, -0.25) is 9.59 Å². The largest absolute Gasteiger partial charge is 0.483 e. The van der Waals surface area contributed by atoms with E-state index in [1.807, 2.05) is 31.3 Å². The fourth-order valence-corrected chi connectivity index (χ4v) is 2.40. The van der Waals surface area contributed by atoms with Crippen molar-refractivity contribution in [1.82, 2.24) is 0 Å². The molecule has 0 aliphatic heterocycles. The summed E-state index contributed by atoms with van der Waals surface area (Å²) in [6, 6.07) is 13.9. The summed E-state index contributed by atoms with van der Waals surface area (Å²) < 4.78 is 24.4. The highest BCUT2D eigenvalue weighted by Crippen LogP contribution is 2.26. The number of hydrogen-bond acceptors (Lipinski definition) is 4. The number of halogens is 2. The average molecular weight is 368 g/mol. The predicted molar refractivity (Wildman–Crippen MR) is 95.3 cm³/mol. The molecule has 2 rings (SSSR count). The zero-order valence-corrected chi connectivity index (χ0v) is 14.2. The number of rotatable bonds is 6. The number of benzene rings is 2. The first-order chi connectivity index (χ1) is 12.0. The zero-order valence-electron chi connectivity index (χ0n) is 13.4. The molecule has 5 nitrogen and oxygen atoms in total. The number of carbonyl (C=O) groups excluding carboxylic acids is 1. The van der Waals surface area contributed by atoms with Crippen LogP contribution in [0.15, 0.2) is 53.4 Å². The van der Waals surface area contributed by atoms with Crippen molar-refractivity contribution < 1.29 is 23.5 Å². The van der Waals surface area contributed by atoms with Crippen molar-refractivity contribution in [2.24, 2.45) is 0 Å². The van der Waals surface area contributed by atoms with Crippen LogP contribution in [0.3, 0.4) is 0 Å². The lowest BCUT2D eigenvalue weighted by atomic mass is 10.1. The van der Waals surface area contributed by atoms with Gasteiger partial charge in [-0.25, -0.2) is 0 Å². The number of nitrogens with one attached hydrogen (secondary N) is 2. The molecule has 0 atom stereocenters. The quantitative estimate of drug-likeness (QED) is 0.532. The molecule has 3 N–H and O–H groups in total. The van der Waals surface area contributed by atoms with Crippen LogP contribution in [-0.4, -0.2) is 30.3 Å². The molecular weight excluding hydrogens is 350 g/mol. The maximum Gasteiger partial charge on any atom is 0.290 e. The standard InChI is InChI=1S/C16H16F2N2OS.CH2O2/c1-19-12-4-2-11(3-5-12)10-15(21)20-13-6-8-14(9-7-13)22-16(17)18;2-1-3/h2-9,16,19H,10H2,1H3,(H,20,21);1H,(H,2,3). The van der Waals surface area contributed by atoms with Crippen LogP contribution in [0, 0.1) is 0 Å². The Balaban J connectivity index is 0.000000970. The van der Waals surface area contributed by atoms with Crippen molar-refractivity contribution in [2.75, 3.05) is 17.7 Å². The molecule has 0 saturated heterocycles. The van der Waals surface area contributed by atoms with Gasteiger partial charge in [0.25, 0.3) is 12.2 Å². The minimum Gasteiger partial charge on any atom is -0.483 e. The van der Waals surface area contributed by atoms with Crippen LogP contribution in [0.5, 0.6) is 0 Å². The van der Waals surface area contributed by atoms with E-state index >= 15 is 0 Å². The molecule has 0 aromatic heterocycles. The van der Waals surface area contributed by atoms with E-state index in [1.165, 1.54) is 0 Å². The number of thioether (sulfide) groups is 1. The number of amides is 1. The first-order valence-corrected chi connectivity index (χ1v) is 8.05. The molecule has 0 bridgehead atoms. The fraction of sp³-hybridized carbons (Fsp3) is 0.176. The lowest BCUT2D eigenvalue weighted by Gasteiger charge is -2.07. The van der Waals surface area contributed by atoms with Gasteiger partial charge in [-0.15, -0.1) is 0 Å². The van der Waals surface area contributed by atoms with Gasteiger partial charge in [-0.2, -0.15) is 8.78 Å². The van der Waals surface area contributed by atoms with Gasteiger partial charge < -0.3 is 15.7 Å². The molecule has 0 spiro atoms. The number of hydrogen-bond donors (Lipinski definition) is 3. The van der Waals surface area contributed by atoms with E-state index in [4.69, 9.17) is 9.90 Å². The number of anilines is 2. The van der Waals surface area contributed by atoms with Gasteiger partial charge in [0, 0.05) is 23.3 Å². The SMILES string of the molecule is CNc1ccc(CC(=O)Nc2ccc(SC(F)F)cc2)cc1.O=CO. The van der Waals surface area contributed by atoms with Crippen molar-refractivity contribution in [3.63, 3.8) is 0 Å². The second-order valence-electron chi connectivity index (χ2n) is 4.68. The minimum atomic E-state index is -2.44. The number of alkyl halides is 2. The van der Waals surface area contributed by atoms with Crippen LogP contribution in [0.25, 0.3) is 0 Å². The average Bonchev–Trinajstić information content (AvgIpc) is 2.57. The molecule has 0 aliphatic carbocycles. The summed E-state index contributed by atoms with van der Waals surface area (Å²) in [5.41, 5.74) is 2.48. The molecule has 0 fully saturated rings. The third-order valence-electron chi connectivity index (χ3n) is 2.97. The monoisotopic (exact) mass is 368 g/mol. The second kappa shape index (κ2) is 11.0. The molecule has 0 heterocycles. The second-order valence-corrected chi connectivity index (χ2v) is 5.74. The highest BCUT2D eigenvalue weighted by atomic mass is 32.2. The van der Waals surface area contributed by atoms with Crippen LogP contribution >= 0.6 is 11.8 Å². The van der Waals surface area contributed by atoms with Crippen molar-refractivity contribution >= 4 is 35.5 Å². The normalized spacial score (nSPS) is 9.76. The maximum absolute atomic E-state index is 12.2. The van der Waals surface area contributed by atoms with Crippen LogP contribution in [0.1, 0.15) is 5.56 Å². The van der Waals surface area contributed by atoms with Crippen LogP contribution < -0.4 is 10.6 Å². The van der Waals surface area contributed by atoms with Gasteiger partial charge in [0.1, 0.15) is 0 Å². The lowest BCUT2D eigenvalue weighted by Crippen LogP contribution is -2.14. The van der Waals surface area contributed by atoms with Gasteiger partial charge in [0.15, 0.2) is 0 Å². The highest BCUT2D eigenvalue weighted by molar-refractivity contribution is 7.99. The van der Waals surface area contributed by atoms with Crippen molar-refractivity contribution in [3.05, 3.63) is 54.1 Å². The Kier molecular flexibility index (Phi) is 9.02. The zero-order chi connectivity index (χ0) is 18.7.